The molecule has 3 aliphatic rings. The third-order valence-electron chi connectivity index (χ3n) is 7.70. The van der Waals surface area contributed by atoms with Crippen LogP contribution in [0, 0.1) is 11.3 Å². The molecule has 8 heteroatoms. The van der Waals surface area contributed by atoms with E-state index in [1.165, 1.54) is 0 Å². The fraction of sp³-hybridized carbons (Fsp3) is 0.708. The zero-order valence-corrected chi connectivity index (χ0v) is 18.8. The van der Waals surface area contributed by atoms with Crippen LogP contribution in [0.5, 0.6) is 5.75 Å². The molecule has 2 atom stereocenters. The Morgan fingerprint density at radius 3 is 2.59 bits per heavy atom. The van der Waals surface area contributed by atoms with Gasteiger partial charge >= 0.3 is 6.18 Å². The predicted molar refractivity (Wildman–Crippen MR) is 114 cm³/mol. The average Bonchev–Trinajstić information content (AvgIpc) is 3.18. The number of fused-ring (bicyclic) bond motifs is 1. The summed E-state index contributed by atoms with van der Waals surface area (Å²) in [7, 11) is 0. The van der Waals surface area contributed by atoms with Crippen LogP contribution in [0.3, 0.4) is 0 Å². The number of hydrogen-bond donors (Lipinski definition) is 2. The monoisotopic (exact) mass is 454 g/mol. The highest BCUT2D eigenvalue weighted by molar-refractivity contribution is 5.84. The normalized spacial score (nSPS) is 27.1. The maximum atomic E-state index is 13.8. The van der Waals surface area contributed by atoms with Crippen LogP contribution in [0.2, 0.25) is 0 Å². The van der Waals surface area contributed by atoms with Gasteiger partial charge in [-0.3, -0.25) is 4.79 Å². The molecule has 2 heterocycles. The number of aromatic hydroxyl groups is 1. The number of alkyl halides is 3. The highest BCUT2D eigenvalue weighted by atomic mass is 19.4. The first-order valence-corrected chi connectivity index (χ1v) is 11.7. The van der Waals surface area contributed by atoms with E-state index < -0.39 is 17.2 Å². The molecule has 1 saturated heterocycles. The Bertz CT molecular complexity index is 852. The first kappa shape index (κ1) is 23.4. The molecule has 1 aromatic carbocycles. The summed E-state index contributed by atoms with van der Waals surface area (Å²) in [5, 5.41) is 13.9. The molecule has 32 heavy (non-hydrogen) atoms. The minimum absolute atomic E-state index is 0.0336. The van der Waals surface area contributed by atoms with Crippen LogP contribution < -0.4 is 5.32 Å². The lowest BCUT2D eigenvalue weighted by Gasteiger charge is -2.40. The first-order chi connectivity index (χ1) is 15.1. The number of carbonyl (C=O) groups is 1. The number of amides is 1. The Hall–Kier alpha value is -1.80. The molecule has 5 nitrogen and oxygen atoms in total. The van der Waals surface area contributed by atoms with E-state index in [1.54, 1.807) is 4.90 Å². The fourth-order valence-electron chi connectivity index (χ4n) is 5.71. The van der Waals surface area contributed by atoms with Crippen LogP contribution in [-0.4, -0.2) is 47.8 Å². The summed E-state index contributed by atoms with van der Waals surface area (Å²) in [5.74, 6) is -0.166. The van der Waals surface area contributed by atoms with Crippen LogP contribution in [0.4, 0.5) is 13.2 Å². The number of phenolic OH excluding ortho intramolecular Hbond substituents is 1. The van der Waals surface area contributed by atoms with Crippen LogP contribution in [0.1, 0.15) is 62.6 Å². The Labute approximate surface area is 187 Å². The zero-order chi connectivity index (χ0) is 23.1. The number of nitrogens with zero attached hydrogens (tertiary/aromatic N) is 1. The number of nitrogens with one attached hydrogen (secondary N) is 1. The van der Waals surface area contributed by atoms with Crippen molar-refractivity contribution in [2.24, 2.45) is 11.3 Å². The summed E-state index contributed by atoms with van der Waals surface area (Å²) < 4.78 is 45.1. The number of halogens is 3. The van der Waals surface area contributed by atoms with Gasteiger partial charge in [-0.05, 0) is 62.1 Å². The first-order valence-electron chi connectivity index (χ1n) is 11.7. The standard InChI is InChI=1S/C24H33F3N2O3/c1-15(2)23(7-3-19(13-23)28-18-5-9-32-10-6-18)22(31)29-8-4-20-16(14-29)11-17(12-21(20)30)24(25,26)27/h11-12,15,18-19,28,30H,3-10,13-14H2,1-2H3/t19-,23?/m1/s1. The maximum Gasteiger partial charge on any atom is 0.416 e. The summed E-state index contributed by atoms with van der Waals surface area (Å²) in [6, 6.07) is 2.55. The molecule has 1 unspecified atom stereocenters. The second-order valence-corrected chi connectivity index (χ2v) is 9.91. The number of carbonyl (C=O) groups excluding carboxylic acids is 1. The van der Waals surface area contributed by atoms with Crippen LogP contribution in [0.25, 0.3) is 0 Å². The van der Waals surface area contributed by atoms with E-state index in [4.69, 9.17) is 4.74 Å². The van der Waals surface area contributed by atoms with Crippen molar-refractivity contribution in [3.8, 4) is 5.75 Å². The average molecular weight is 455 g/mol. The van der Waals surface area contributed by atoms with Gasteiger partial charge in [0.05, 0.1) is 11.0 Å². The largest absolute Gasteiger partial charge is 0.508 e. The van der Waals surface area contributed by atoms with Gasteiger partial charge in [-0.1, -0.05) is 13.8 Å². The van der Waals surface area contributed by atoms with Gasteiger partial charge in [-0.2, -0.15) is 13.2 Å². The van der Waals surface area contributed by atoms with Crippen LogP contribution in [0.15, 0.2) is 12.1 Å². The summed E-state index contributed by atoms with van der Waals surface area (Å²) in [6.45, 7) is 6.19. The van der Waals surface area contributed by atoms with Gasteiger partial charge in [0.25, 0.3) is 0 Å². The van der Waals surface area contributed by atoms with Crippen molar-refractivity contribution in [3.05, 3.63) is 28.8 Å². The number of ether oxygens (including phenoxy) is 1. The van der Waals surface area contributed by atoms with Crippen molar-refractivity contribution in [2.45, 2.75) is 77.2 Å². The summed E-state index contributed by atoms with van der Waals surface area (Å²) in [5.41, 5.74) is -0.468. The molecule has 2 N–H and O–H groups in total. The predicted octanol–water partition coefficient (Wildman–Crippen LogP) is 4.26. The Morgan fingerprint density at radius 2 is 1.94 bits per heavy atom. The smallest absolute Gasteiger partial charge is 0.416 e. The fourth-order valence-corrected chi connectivity index (χ4v) is 5.71. The van der Waals surface area contributed by atoms with E-state index in [1.807, 2.05) is 0 Å². The van der Waals surface area contributed by atoms with Crippen molar-refractivity contribution in [2.75, 3.05) is 19.8 Å². The molecule has 1 amide bonds. The molecule has 178 valence electrons. The Morgan fingerprint density at radius 1 is 1.22 bits per heavy atom. The topological polar surface area (TPSA) is 61.8 Å². The molecule has 1 aromatic rings. The van der Waals surface area contributed by atoms with Crippen LogP contribution >= 0.6 is 0 Å². The molecule has 0 bridgehead atoms. The SMILES string of the molecule is CC(C)C1(C(=O)N2CCc3c(O)cc(C(F)(F)F)cc3C2)CC[C@@H](NC2CCOCC2)C1. The van der Waals surface area contributed by atoms with E-state index in [0.29, 0.717) is 30.1 Å². The van der Waals surface area contributed by atoms with Gasteiger partial charge in [0.2, 0.25) is 5.91 Å². The van der Waals surface area contributed by atoms with Gasteiger partial charge < -0.3 is 20.1 Å². The summed E-state index contributed by atoms with van der Waals surface area (Å²) >= 11 is 0. The Kier molecular flexibility index (Phi) is 6.47. The quantitative estimate of drug-likeness (QED) is 0.714. The molecule has 0 spiro atoms. The van der Waals surface area contributed by atoms with Crippen molar-refractivity contribution < 1.29 is 27.8 Å². The van der Waals surface area contributed by atoms with E-state index in [9.17, 15) is 23.1 Å². The van der Waals surface area contributed by atoms with E-state index >= 15 is 0 Å². The molecular weight excluding hydrogens is 421 g/mol. The van der Waals surface area contributed by atoms with E-state index in [0.717, 1.165) is 57.5 Å². The molecule has 1 aliphatic carbocycles. The second-order valence-electron chi connectivity index (χ2n) is 9.91. The van der Waals surface area contributed by atoms with Gasteiger partial charge in [-0.25, -0.2) is 0 Å². The van der Waals surface area contributed by atoms with Gasteiger partial charge in [-0.15, -0.1) is 0 Å². The third kappa shape index (κ3) is 4.49. The number of rotatable bonds is 4. The Balaban J connectivity index is 1.51. The molecule has 1 saturated carbocycles. The van der Waals surface area contributed by atoms with Crippen molar-refractivity contribution >= 4 is 5.91 Å². The molecular formula is C24H33F3N2O3. The van der Waals surface area contributed by atoms with Gasteiger partial charge in [0, 0.05) is 44.0 Å². The van der Waals surface area contributed by atoms with Gasteiger partial charge in [0.15, 0.2) is 0 Å². The molecule has 0 radical (unpaired) electrons. The highest BCUT2D eigenvalue weighted by Crippen LogP contribution is 2.47. The zero-order valence-electron chi connectivity index (χ0n) is 18.8. The summed E-state index contributed by atoms with van der Waals surface area (Å²) in [6.07, 6.45) is 0.236. The number of phenols is 1. The lowest BCUT2D eigenvalue weighted by Crippen LogP contribution is -2.49. The van der Waals surface area contributed by atoms with Crippen molar-refractivity contribution in [3.63, 3.8) is 0 Å². The lowest BCUT2D eigenvalue weighted by atomic mass is 9.73. The molecule has 4 rings (SSSR count). The molecule has 2 aliphatic heterocycles. The number of benzene rings is 1. The molecule has 2 fully saturated rings. The van der Waals surface area contributed by atoms with Gasteiger partial charge in [0.1, 0.15) is 5.75 Å². The lowest BCUT2D eigenvalue weighted by molar-refractivity contribution is -0.146. The molecule has 0 aromatic heterocycles. The highest BCUT2D eigenvalue weighted by Gasteiger charge is 2.50. The van der Waals surface area contributed by atoms with Crippen molar-refractivity contribution in [1.29, 1.82) is 0 Å². The number of hydrogen-bond acceptors (Lipinski definition) is 4. The minimum Gasteiger partial charge on any atom is -0.508 e. The minimum atomic E-state index is -4.54. The van der Waals surface area contributed by atoms with Crippen LogP contribution in [-0.2, 0) is 28.7 Å². The summed E-state index contributed by atoms with van der Waals surface area (Å²) in [4.78, 5) is 15.5. The maximum absolute atomic E-state index is 13.8. The van der Waals surface area contributed by atoms with E-state index in [-0.39, 0.29) is 30.2 Å². The second kappa shape index (κ2) is 8.86. The van der Waals surface area contributed by atoms with E-state index in [2.05, 4.69) is 19.2 Å². The third-order valence-corrected chi connectivity index (χ3v) is 7.70. The van der Waals surface area contributed by atoms with Crippen molar-refractivity contribution in [1.82, 2.24) is 10.2 Å².